The van der Waals surface area contributed by atoms with Crippen LogP contribution in [0.25, 0.3) is 0 Å². The maximum atomic E-state index is 12.7. The quantitative estimate of drug-likeness (QED) is 0.847. The van der Waals surface area contributed by atoms with Crippen LogP contribution in [0.3, 0.4) is 0 Å². The van der Waals surface area contributed by atoms with E-state index >= 15 is 0 Å². The molecule has 1 atom stereocenters. The molecule has 0 saturated carbocycles. The Bertz CT molecular complexity index is 553. The third-order valence-corrected chi connectivity index (χ3v) is 4.57. The SMILES string of the molecule is CC(C)C1(C)CC(=O)N(c2cccc(CCCN)c2)C1=O. The highest BCUT2D eigenvalue weighted by Gasteiger charge is 2.50. The maximum Gasteiger partial charge on any atom is 0.240 e. The van der Waals surface area contributed by atoms with Crippen LogP contribution in [0.1, 0.15) is 39.2 Å². The fourth-order valence-corrected chi connectivity index (χ4v) is 2.71. The maximum absolute atomic E-state index is 12.7. The molecule has 1 fully saturated rings. The Morgan fingerprint density at radius 2 is 2.05 bits per heavy atom. The van der Waals surface area contributed by atoms with E-state index in [-0.39, 0.29) is 24.2 Å². The zero-order valence-corrected chi connectivity index (χ0v) is 13.1. The lowest BCUT2D eigenvalue weighted by Crippen LogP contribution is -2.36. The van der Waals surface area contributed by atoms with E-state index in [0.29, 0.717) is 12.2 Å². The van der Waals surface area contributed by atoms with Crippen molar-refractivity contribution >= 4 is 17.5 Å². The van der Waals surface area contributed by atoms with Crippen molar-refractivity contribution in [2.24, 2.45) is 17.1 Å². The molecule has 1 heterocycles. The summed E-state index contributed by atoms with van der Waals surface area (Å²) in [5, 5.41) is 0. The Hall–Kier alpha value is -1.68. The molecule has 114 valence electrons. The van der Waals surface area contributed by atoms with Gasteiger partial charge in [0.05, 0.1) is 11.1 Å². The van der Waals surface area contributed by atoms with Gasteiger partial charge in [0.2, 0.25) is 11.8 Å². The van der Waals surface area contributed by atoms with E-state index in [4.69, 9.17) is 5.73 Å². The molecule has 4 nitrogen and oxygen atoms in total. The van der Waals surface area contributed by atoms with E-state index in [9.17, 15) is 9.59 Å². The smallest absolute Gasteiger partial charge is 0.240 e. The molecular weight excluding hydrogens is 264 g/mol. The minimum atomic E-state index is -0.593. The number of hydrogen-bond donors (Lipinski definition) is 1. The molecule has 0 aromatic heterocycles. The van der Waals surface area contributed by atoms with Crippen molar-refractivity contribution in [1.29, 1.82) is 0 Å². The Labute approximate surface area is 126 Å². The second-order valence-electron chi connectivity index (χ2n) is 6.35. The molecule has 0 aliphatic carbocycles. The fraction of sp³-hybridized carbons (Fsp3) is 0.529. The van der Waals surface area contributed by atoms with Crippen LogP contribution in [-0.4, -0.2) is 18.4 Å². The van der Waals surface area contributed by atoms with Gasteiger partial charge in [-0.1, -0.05) is 26.0 Å². The molecule has 1 unspecified atom stereocenters. The topological polar surface area (TPSA) is 63.4 Å². The first-order valence-corrected chi connectivity index (χ1v) is 7.56. The zero-order chi connectivity index (χ0) is 15.6. The summed E-state index contributed by atoms with van der Waals surface area (Å²) in [4.78, 5) is 26.4. The highest BCUT2D eigenvalue weighted by molar-refractivity contribution is 6.22. The van der Waals surface area contributed by atoms with Gasteiger partial charge in [-0.05, 0) is 49.9 Å². The van der Waals surface area contributed by atoms with Crippen LogP contribution in [0, 0.1) is 11.3 Å². The molecule has 4 heteroatoms. The van der Waals surface area contributed by atoms with Crippen LogP contribution in [0.15, 0.2) is 24.3 Å². The first kappa shape index (κ1) is 15.7. The minimum Gasteiger partial charge on any atom is -0.330 e. The summed E-state index contributed by atoms with van der Waals surface area (Å²) < 4.78 is 0. The first-order chi connectivity index (χ1) is 9.90. The zero-order valence-electron chi connectivity index (χ0n) is 13.1. The number of benzene rings is 1. The number of carbonyl (C=O) groups excluding carboxylic acids is 2. The van der Waals surface area contributed by atoms with Gasteiger partial charge >= 0.3 is 0 Å². The van der Waals surface area contributed by atoms with Crippen LogP contribution < -0.4 is 10.6 Å². The van der Waals surface area contributed by atoms with Crippen molar-refractivity contribution < 1.29 is 9.59 Å². The van der Waals surface area contributed by atoms with Gasteiger partial charge in [0.1, 0.15) is 0 Å². The summed E-state index contributed by atoms with van der Waals surface area (Å²) in [6.07, 6.45) is 2.05. The lowest BCUT2D eigenvalue weighted by atomic mass is 9.78. The molecule has 2 amide bonds. The Balaban J connectivity index is 2.30. The van der Waals surface area contributed by atoms with Gasteiger partial charge in [-0.25, -0.2) is 0 Å². The van der Waals surface area contributed by atoms with Gasteiger partial charge in [0, 0.05) is 6.42 Å². The lowest BCUT2D eigenvalue weighted by Gasteiger charge is -2.26. The molecule has 1 saturated heterocycles. The number of hydrogen-bond acceptors (Lipinski definition) is 3. The van der Waals surface area contributed by atoms with Crippen molar-refractivity contribution in [1.82, 2.24) is 0 Å². The molecule has 1 aliphatic heterocycles. The second kappa shape index (κ2) is 5.98. The van der Waals surface area contributed by atoms with Crippen molar-refractivity contribution in [2.45, 2.75) is 40.0 Å². The van der Waals surface area contributed by atoms with Gasteiger partial charge in [-0.3, -0.25) is 14.5 Å². The first-order valence-electron chi connectivity index (χ1n) is 7.56. The Morgan fingerprint density at radius 1 is 1.33 bits per heavy atom. The monoisotopic (exact) mass is 288 g/mol. The van der Waals surface area contributed by atoms with E-state index in [1.165, 1.54) is 4.90 Å². The fourth-order valence-electron chi connectivity index (χ4n) is 2.71. The molecule has 0 spiro atoms. The van der Waals surface area contributed by atoms with Crippen molar-refractivity contribution in [3.63, 3.8) is 0 Å². The third kappa shape index (κ3) is 2.86. The van der Waals surface area contributed by atoms with Crippen LogP contribution in [0.5, 0.6) is 0 Å². The lowest BCUT2D eigenvalue weighted by molar-refractivity contribution is -0.126. The predicted molar refractivity (Wildman–Crippen MR) is 83.9 cm³/mol. The van der Waals surface area contributed by atoms with Gasteiger partial charge in [0.25, 0.3) is 0 Å². The second-order valence-corrected chi connectivity index (χ2v) is 6.35. The molecule has 0 bridgehead atoms. The summed E-state index contributed by atoms with van der Waals surface area (Å²) in [5.41, 5.74) is 6.73. The van der Waals surface area contributed by atoms with Gasteiger partial charge in [-0.2, -0.15) is 0 Å². The molecule has 2 rings (SSSR count). The number of nitrogens with zero attached hydrogens (tertiary/aromatic N) is 1. The summed E-state index contributed by atoms with van der Waals surface area (Å²) in [5.74, 6) is -0.0509. The number of rotatable bonds is 5. The molecular formula is C17H24N2O2. The molecule has 1 aromatic carbocycles. The van der Waals surface area contributed by atoms with Gasteiger partial charge in [-0.15, -0.1) is 0 Å². The van der Waals surface area contributed by atoms with Gasteiger partial charge in [0.15, 0.2) is 0 Å². The van der Waals surface area contributed by atoms with E-state index in [1.807, 2.05) is 45.0 Å². The van der Waals surface area contributed by atoms with Crippen molar-refractivity contribution in [3.05, 3.63) is 29.8 Å². The van der Waals surface area contributed by atoms with E-state index in [1.54, 1.807) is 0 Å². The Kier molecular flexibility index (Phi) is 4.47. The number of anilines is 1. The number of nitrogens with two attached hydrogens (primary N) is 1. The molecule has 1 aromatic rings. The number of amides is 2. The number of carbonyl (C=O) groups is 2. The summed E-state index contributed by atoms with van der Waals surface area (Å²) >= 11 is 0. The molecule has 1 aliphatic rings. The van der Waals surface area contributed by atoms with E-state index in [2.05, 4.69) is 0 Å². The standard InChI is InChI=1S/C17H24N2O2/c1-12(2)17(3)11-15(20)19(16(17)21)14-8-4-6-13(10-14)7-5-9-18/h4,6,8,10,12H,5,7,9,11,18H2,1-3H3. The Morgan fingerprint density at radius 3 is 2.62 bits per heavy atom. The van der Waals surface area contributed by atoms with Crippen LogP contribution >= 0.6 is 0 Å². The molecule has 2 N–H and O–H groups in total. The summed E-state index contributed by atoms with van der Waals surface area (Å²) in [7, 11) is 0. The summed E-state index contributed by atoms with van der Waals surface area (Å²) in [6.45, 7) is 6.51. The largest absolute Gasteiger partial charge is 0.330 e. The third-order valence-electron chi connectivity index (χ3n) is 4.57. The average Bonchev–Trinajstić information content (AvgIpc) is 2.68. The highest BCUT2D eigenvalue weighted by Crippen LogP contribution is 2.41. The van der Waals surface area contributed by atoms with Crippen LogP contribution in [-0.2, 0) is 16.0 Å². The minimum absolute atomic E-state index is 0.0847. The number of aryl methyl sites for hydroxylation is 1. The van der Waals surface area contributed by atoms with Crippen molar-refractivity contribution in [2.75, 3.05) is 11.4 Å². The predicted octanol–water partition coefficient (Wildman–Crippen LogP) is 2.50. The highest BCUT2D eigenvalue weighted by atomic mass is 16.2. The van der Waals surface area contributed by atoms with Crippen LogP contribution in [0.2, 0.25) is 0 Å². The normalized spacial score (nSPS) is 22.4. The summed E-state index contributed by atoms with van der Waals surface area (Å²) in [6, 6.07) is 7.66. The van der Waals surface area contributed by atoms with Crippen LogP contribution in [0.4, 0.5) is 5.69 Å². The molecule has 21 heavy (non-hydrogen) atoms. The van der Waals surface area contributed by atoms with E-state index in [0.717, 1.165) is 18.4 Å². The van der Waals surface area contributed by atoms with E-state index < -0.39 is 5.41 Å². The average molecular weight is 288 g/mol. The number of imide groups is 1. The van der Waals surface area contributed by atoms with Crippen molar-refractivity contribution in [3.8, 4) is 0 Å². The van der Waals surface area contributed by atoms with Gasteiger partial charge < -0.3 is 5.73 Å². The molecule has 0 radical (unpaired) electrons.